The van der Waals surface area contributed by atoms with E-state index in [1.54, 1.807) is 0 Å². The van der Waals surface area contributed by atoms with Gasteiger partial charge in [-0.15, -0.1) is 12.4 Å². The Labute approximate surface area is 64.0 Å². The van der Waals surface area contributed by atoms with Crippen molar-refractivity contribution in [3.8, 4) is 0 Å². The fourth-order valence-electron chi connectivity index (χ4n) is 0.461. The van der Waals surface area contributed by atoms with E-state index in [4.69, 9.17) is 0 Å². The normalized spacial score (nSPS) is 9.33. The standard InChI is InChI=1S/C6H16N2.ClH/c1-4-8(3)6-5-7-2;/h7H,4-6H2,1-3H3;1H. The number of hydrogen-bond acceptors (Lipinski definition) is 2. The highest BCUT2D eigenvalue weighted by molar-refractivity contribution is 5.85. The van der Waals surface area contributed by atoms with Crippen molar-refractivity contribution in [3.05, 3.63) is 0 Å². The highest BCUT2D eigenvalue weighted by atomic mass is 35.5. The Kier molecular flexibility index (Phi) is 10.9. The molecule has 0 aliphatic carbocycles. The number of hydrogen-bond donors (Lipinski definition) is 1. The van der Waals surface area contributed by atoms with Crippen LogP contribution in [0.3, 0.4) is 0 Å². The minimum atomic E-state index is 0. The lowest BCUT2D eigenvalue weighted by molar-refractivity contribution is 0.354. The highest BCUT2D eigenvalue weighted by Gasteiger charge is 1.88. The molecule has 0 aliphatic heterocycles. The van der Waals surface area contributed by atoms with Gasteiger partial charge in [-0.2, -0.15) is 0 Å². The maximum absolute atomic E-state index is 3.09. The SMILES string of the molecule is CCN(C)CCNC.Cl. The maximum Gasteiger partial charge on any atom is 0.0104 e. The van der Waals surface area contributed by atoms with E-state index >= 15 is 0 Å². The summed E-state index contributed by atoms with van der Waals surface area (Å²) in [6, 6.07) is 0. The van der Waals surface area contributed by atoms with Crippen LogP contribution in [0.1, 0.15) is 6.92 Å². The van der Waals surface area contributed by atoms with Crippen LogP contribution in [0.2, 0.25) is 0 Å². The van der Waals surface area contributed by atoms with Gasteiger partial charge in [0.1, 0.15) is 0 Å². The van der Waals surface area contributed by atoms with Gasteiger partial charge >= 0.3 is 0 Å². The smallest absolute Gasteiger partial charge is 0.0104 e. The van der Waals surface area contributed by atoms with Crippen LogP contribution in [0.4, 0.5) is 0 Å². The lowest BCUT2D eigenvalue weighted by Gasteiger charge is -2.11. The third-order valence-electron chi connectivity index (χ3n) is 1.28. The molecule has 1 N–H and O–H groups in total. The van der Waals surface area contributed by atoms with Crippen LogP contribution in [-0.2, 0) is 0 Å². The molecule has 58 valence electrons. The molecule has 0 saturated carbocycles. The van der Waals surface area contributed by atoms with Gasteiger partial charge in [-0.25, -0.2) is 0 Å². The van der Waals surface area contributed by atoms with Crippen molar-refractivity contribution in [1.82, 2.24) is 10.2 Å². The van der Waals surface area contributed by atoms with Gasteiger partial charge in [0.25, 0.3) is 0 Å². The molecular formula is C6H17ClN2. The van der Waals surface area contributed by atoms with Crippen molar-refractivity contribution in [1.29, 1.82) is 0 Å². The molecule has 0 aromatic heterocycles. The first-order chi connectivity index (χ1) is 3.81. The number of nitrogens with one attached hydrogen (secondary N) is 1. The van der Waals surface area contributed by atoms with E-state index in [2.05, 4.69) is 24.2 Å². The second kappa shape index (κ2) is 8.21. The summed E-state index contributed by atoms with van der Waals surface area (Å²) in [5, 5.41) is 3.09. The van der Waals surface area contributed by atoms with Crippen LogP contribution >= 0.6 is 12.4 Å². The van der Waals surface area contributed by atoms with E-state index in [9.17, 15) is 0 Å². The average molecular weight is 153 g/mol. The monoisotopic (exact) mass is 152 g/mol. The highest BCUT2D eigenvalue weighted by Crippen LogP contribution is 1.75. The summed E-state index contributed by atoms with van der Waals surface area (Å²) in [4.78, 5) is 2.27. The molecule has 0 heterocycles. The third kappa shape index (κ3) is 8.21. The second-order valence-corrected chi connectivity index (χ2v) is 2.00. The fraction of sp³-hybridized carbons (Fsp3) is 1.00. The largest absolute Gasteiger partial charge is 0.318 e. The van der Waals surface area contributed by atoms with Crippen LogP contribution in [0, 0.1) is 0 Å². The van der Waals surface area contributed by atoms with Crippen molar-refractivity contribution in [2.45, 2.75) is 6.92 Å². The summed E-state index contributed by atoms with van der Waals surface area (Å²) in [7, 11) is 4.10. The summed E-state index contributed by atoms with van der Waals surface area (Å²) in [6.45, 7) is 5.54. The molecule has 0 atom stereocenters. The number of nitrogens with zero attached hydrogens (tertiary/aromatic N) is 1. The molecule has 9 heavy (non-hydrogen) atoms. The van der Waals surface area contributed by atoms with Crippen LogP contribution in [0.5, 0.6) is 0 Å². The molecule has 3 heteroatoms. The van der Waals surface area contributed by atoms with Crippen molar-refractivity contribution in [2.75, 3.05) is 33.7 Å². The van der Waals surface area contributed by atoms with Gasteiger partial charge in [-0.05, 0) is 20.6 Å². The van der Waals surface area contributed by atoms with E-state index in [-0.39, 0.29) is 12.4 Å². The summed E-state index contributed by atoms with van der Waals surface area (Å²) in [5.74, 6) is 0. The van der Waals surface area contributed by atoms with Gasteiger partial charge in [-0.3, -0.25) is 0 Å². The Bertz CT molecular complexity index is 50.3. The first-order valence-electron chi connectivity index (χ1n) is 3.14. The molecule has 0 radical (unpaired) electrons. The summed E-state index contributed by atoms with van der Waals surface area (Å²) >= 11 is 0. The lowest BCUT2D eigenvalue weighted by Crippen LogP contribution is -2.26. The van der Waals surface area contributed by atoms with Crippen LogP contribution in [0.25, 0.3) is 0 Å². The average Bonchev–Trinajstić information content (AvgIpc) is 1.83. The second-order valence-electron chi connectivity index (χ2n) is 2.00. The van der Waals surface area contributed by atoms with Gasteiger partial charge in [0, 0.05) is 13.1 Å². The van der Waals surface area contributed by atoms with E-state index in [0.29, 0.717) is 0 Å². The van der Waals surface area contributed by atoms with Crippen molar-refractivity contribution in [2.24, 2.45) is 0 Å². The summed E-state index contributed by atoms with van der Waals surface area (Å²) in [6.07, 6.45) is 0. The molecule has 0 spiro atoms. The molecule has 0 amide bonds. The first-order valence-corrected chi connectivity index (χ1v) is 3.14. The zero-order valence-electron chi connectivity index (χ0n) is 6.48. The Morgan fingerprint density at radius 1 is 1.44 bits per heavy atom. The topological polar surface area (TPSA) is 15.3 Å². The van der Waals surface area contributed by atoms with Crippen LogP contribution in [-0.4, -0.2) is 38.6 Å². The van der Waals surface area contributed by atoms with Gasteiger partial charge < -0.3 is 10.2 Å². The van der Waals surface area contributed by atoms with Gasteiger partial charge in [0.05, 0.1) is 0 Å². The minimum Gasteiger partial charge on any atom is -0.318 e. The molecule has 2 nitrogen and oxygen atoms in total. The lowest BCUT2D eigenvalue weighted by atomic mass is 10.5. The summed E-state index contributed by atoms with van der Waals surface area (Å²) < 4.78 is 0. The molecule has 0 aromatic carbocycles. The van der Waals surface area contributed by atoms with Crippen molar-refractivity contribution in [3.63, 3.8) is 0 Å². The maximum atomic E-state index is 3.09. The minimum absolute atomic E-state index is 0. The number of likely N-dealkylation sites (N-methyl/N-ethyl adjacent to an activating group) is 2. The molecule has 0 aliphatic rings. The number of rotatable bonds is 4. The number of halogens is 1. The molecule has 0 saturated heterocycles. The van der Waals surface area contributed by atoms with E-state index in [1.807, 2.05) is 7.05 Å². The van der Waals surface area contributed by atoms with Crippen molar-refractivity contribution >= 4 is 12.4 Å². The zero-order valence-corrected chi connectivity index (χ0v) is 7.29. The Balaban J connectivity index is 0. The predicted octanol–water partition coefficient (Wildman–Crippen LogP) is 0.579. The molecule has 0 rings (SSSR count). The first kappa shape index (κ1) is 11.9. The van der Waals surface area contributed by atoms with Gasteiger partial charge in [0.15, 0.2) is 0 Å². The third-order valence-corrected chi connectivity index (χ3v) is 1.28. The molecule has 0 bridgehead atoms. The molecule has 0 fully saturated rings. The van der Waals surface area contributed by atoms with E-state index in [1.165, 1.54) is 0 Å². The van der Waals surface area contributed by atoms with E-state index < -0.39 is 0 Å². The predicted molar refractivity (Wildman–Crippen MR) is 44.3 cm³/mol. The van der Waals surface area contributed by atoms with Gasteiger partial charge in [0.2, 0.25) is 0 Å². The zero-order chi connectivity index (χ0) is 6.41. The summed E-state index contributed by atoms with van der Waals surface area (Å²) in [5.41, 5.74) is 0. The Hall–Kier alpha value is 0.210. The molecule has 0 unspecified atom stereocenters. The van der Waals surface area contributed by atoms with Gasteiger partial charge in [-0.1, -0.05) is 6.92 Å². The fourth-order valence-corrected chi connectivity index (χ4v) is 0.461. The molecular weight excluding hydrogens is 136 g/mol. The van der Waals surface area contributed by atoms with Crippen molar-refractivity contribution < 1.29 is 0 Å². The molecule has 0 aromatic rings. The van der Waals surface area contributed by atoms with Crippen LogP contribution < -0.4 is 5.32 Å². The Morgan fingerprint density at radius 2 is 2.00 bits per heavy atom. The Morgan fingerprint density at radius 3 is 2.33 bits per heavy atom. The van der Waals surface area contributed by atoms with Crippen LogP contribution in [0.15, 0.2) is 0 Å². The van der Waals surface area contributed by atoms with E-state index in [0.717, 1.165) is 19.6 Å². The quantitative estimate of drug-likeness (QED) is 0.634.